The van der Waals surface area contributed by atoms with Crippen LogP contribution in [0.1, 0.15) is 76.8 Å². The quantitative estimate of drug-likeness (QED) is 0.0395. The molecular formula is C39H40N4O8. The molecule has 0 saturated heterocycles. The molecule has 264 valence electrons. The summed E-state index contributed by atoms with van der Waals surface area (Å²) in [4.78, 5) is 49.6. The average molecular weight is 693 g/mol. The highest BCUT2D eigenvalue weighted by atomic mass is 16.5. The standard InChI is InChI=1S/C39H40N4O8/c1-48-32-22-18-28(19-23-32)38(46)50-34-14-10-8-12-30(34)26-40-42-36(44)16-6-4-3-5-7-17-37(45)43-41-27-31-13-9-11-15-35(31)51-39(47)29-20-24-33(49-2)25-21-29/h8-15,18-27H,3-7,16-17H2,1-2H3,(H,42,44)(H,43,45). The van der Waals surface area contributed by atoms with Crippen LogP contribution in [0.25, 0.3) is 0 Å². The van der Waals surface area contributed by atoms with Gasteiger partial charge in [0.25, 0.3) is 0 Å². The summed E-state index contributed by atoms with van der Waals surface area (Å²) in [5.41, 5.74) is 6.83. The van der Waals surface area contributed by atoms with Crippen LogP contribution in [0.15, 0.2) is 107 Å². The van der Waals surface area contributed by atoms with Crippen molar-refractivity contribution in [1.29, 1.82) is 0 Å². The van der Waals surface area contributed by atoms with Gasteiger partial charge in [0.15, 0.2) is 0 Å². The van der Waals surface area contributed by atoms with E-state index in [1.165, 1.54) is 12.4 Å². The zero-order chi connectivity index (χ0) is 36.3. The molecule has 0 saturated carbocycles. The maximum atomic E-state index is 12.6. The minimum Gasteiger partial charge on any atom is -0.497 e. The molecule has 0 unspecified atom stereocenters. The summed E-state index contributed by atoms with van der Waals surface area (Å²) in [6.07, 6.45) is 7.34. The summed E-state index contributed by atoms with van der Waals surface area (Å²) in [5.74, 6) is 0.375. The number of unbranched alkanes of at least 4 members (excludes halogenated alkanes) is 4. The van der Waals surface area contributed by atoms with E-state index in [1.807, 2.05) is 0 Å². The number of rotatable bonds is 18. The molecule has 4 aromatic rings. The summed E-state index contributed by atoms with van der Waals surface area (Å²) in [6.45, 7) is 0. The van der Waals surface area contributed by atoms with Crippen molar-refractivity contribution >= 4 is 36.2 Å². The summed E-state index contributed by atoms with van der Waals surface area (Å²) in [7, 11) is 3.09. The summed E-state index contributed by atoms with van der Waals surface area (Å²) >= 11 is 0. The smallest absolute Gasteiger partial charge is 0.343 e. The van der Waals surface area contributed by atoms with Gasteiger partial charge in [0, 0.05) is 24.0 Å². The molecule has 4 rings (SSSR count). The molecule has 4 aromatic carbocycles. The van der Waals surface area contributed by atoms with E-state index in [-0.39, 0.29) is 11.8 Å². The Morgan fingerprint density at radius 2 is 0.902 bits per heavy atom. The first-order valence-electron chi connectivity index (χ1n) is 16.4. The van der Waals surface area contributed by atoms with E-state index < -0.39 is 11.9 Å². The third kappa shape index (κ3) is 12.6. The van der Waals surface area contributed by atoms with E-state index in [9.17, 15) is 19.2 Å². The maximum absolute atomic E-state index is 12.6. The van der Waals surface area contributed by atoms with Crippen LogP contribution in [0.3, 0.4) is 0 Å². The normalized spacial score (nSPS) is 10.9. The number of methoxy groups -OCH3 is 2. The predicted octanol–water partition coefficient (Wildman–Crippen LogP) is 6.47. The first kappa shape index (κ1) is 37.5. The molecule has 0 radical (unpaired) electrons. The van der Waals surface area contributed by atoms with Crippen molar-refractivity contribution < 1.29 is 38.1 Å². The van der Waals surface area contributed by atoms with Gasteiger partial charge in [-0.15, -0.1) is 0 Å². The Morgan fingerprint density at radius 3 is 1.29 bits per heavy atom. The lowest BCUT2D eigenvalue weighted by molar-refractivity contribution is -0.121. The Morgan fingerprint density at radius 1 is 0.529 bits per heavy atom. The minimum atomic E-state index is -0.527. The number of hydrogen-bond acceptors (Lipinski definition) is 10. The fourth-order valence-electron chi connectivity index (χ4n) is 4.69. The second-order valence-corrected chi connectivity index (χ2v) is 11.2. The third-order valence-corrected chi connectivity index (χ3v) is 7.49. The Bertz CT molecular complexity index is 1690. The van der Waals surface area contributed by atoms with Crippen LogP contribution >= 0.6 is 0 Å². The summed E-state index contributed by atoms with van der Waals surface area (Å²) in [6, 6.07) is 26.9. The van der Waals surface area contributed by atoms with E-state index in [2.05, 4.69) is 21.1 Å². The van der Waals surface area contributed by atoms with Crippen molar-refractivity contribution in [3.8, 4) is 23.0 Å². The number of esters is 2. The van der Waals surface area contributed by atoms with Crippen molar-refractivity contribution in [3.05, 3.63) is 119 Å². The molecule has 0 aromatic heterocycles. The summed E-state index contributed by atoms with van der Waals surface area (Å²) < 4.78 is 21.3. The average Bonchev–Trinajstić information content (AvgIpc) is 3.15. The molecule has 0 aliphatic carbocycles. The lowest BCUT2D eigenvalue weighted by atomic mass is 10.1. The molecule has 0 fully saturated rings. The molecule has 0 aliphatic rings. The van der Waals surface area contributed by atoms with E-state index >= 15 is 0 Å². The van der Waals surface area contributed by atoms with Crippen LogP contribution in [0, 0.1) is 0 Å². The number of carbonyl (C=O) groups excluding carboxylic acids is 4. The van der Waals surface area contributed by atoms with Gasteiger partial charge >= 0.3 is 11.9 Å². The molecule has 0 bridgehead atoms. The SMILES string of the molecule is COc1ccc(C(=O)Oc2ccccc2C=NNC(=O)CCCCCCCC(=O)NN=Cc2ccccc2OC(=O)c2ccc(OC)cc2)cc1. The largest absolute Gasteiger partial charge is 0.497 e. The highest BCUT2D eigenvalue weighted by Crippen LogP contribution is 2.20. The zero-order valence-electron chi connectivity index (χ0n) is 28.5. The van der Waals surface area contributed by atoms with Gasteiger partial charge in [-0.2, -0.15) is 10.2 Å². The maximum Gasteiger partial charge on any atom is 0.343 e. The van der Waals surface area contributed by atoms with Gasteiger partial charge in [-0.1, -0.05) is 43.5 Å². The fourth-order valence-corrected chi connectivity index (χ4v) is 4.69. The molecule has 0 aliphatic heterocycles. The van der Waals surface area contributed by atoms with Crippen LogP contribution < -0.4 is 29.8 Å². The molecule has 0 spiro atoms. The Kier molecular flexibility index (Phi) is 14.9. The third-order valence-electron chi connectivity index (χ3n) is 7.49. The lowest BCUT2D eigenvalue weighted by Gasteiger charge is -2.08. The number of nitrogens with zero attached hydrogens (tertiary/aromatic N) is 2. The number of carbonyl (C=O) groups is 4. The molecule has 0 heterocycles. The number of benzene rings is 4. The number of hydrazone groups is 2. The van der Waals surface area contributed by atoms with Crippen molar-refractivity contribution in [2.24, 2.45) is 10.2 Å². The Balaban J connectivity index is 1.09. The van der Waals surface area contributed by atoms with Crippen LogP contribution in [-0.4, -0.2) is 50.4 Å². The van der Waals surface area contributed by atoms with Crippen molar-refractivity contribution in [1.82, 2.24) is 10.9 Å². The first-order chi connectivity index (χ1) is 24.9. The Hall–Kier alpha value is -6.30. The lowest BCUT2D eigenvalue weighted by Crippen LogP contribution is -2.17. The van der Waals surface area contributed by atoms with Crippen molar-refractivity contribution in [2.75, 3.05) is 14.2 Å². The van der Waals surface area contributed by atoms with Gasteiger partial charge in [0.05, 0.1) is 37.8 Å². The van der Waals surface area contributed by atoms with Gasteiger partial charge < -0.3 is 18.9 Å². The van der Waals surface area contributed by atoms with Gasteiger partial charge in [0.2, 0.25) is 11.8 Å². The predicted molar refractivity (Wildman–Crippen MR) is 193 cm³/mol. The minimum absolute atomic E-state index is 0.228. The molecule has 12 heteroatoms. The number of para-hydroxylation sites is 2. The summed E-state index contributed by atoms with van der Waals surface area (Å²) in [5, 5.41) is 8.04. The molecule has 2 N–H and O–H groups in total. The molecule has 2 amide bonds. The molecular weight excluding hydrogens is 652 g/mol. The second kappa shape index (κ2) is 20.3. The van der Waals surface area contributed by atoms with Crippen LogP contribution in [0.4, 0.5) is 0 Å². The van der Waals surface area contributed by atoms with E-state index in [0.717, 1.165) is 19.3 Å². The topological polar surface area (TPSA) is 154 Å². The Labute approximate surface area is 296 Å². The zero-order valence-corrected chi connectivity index (χ0v) is 28.5. The van der Waals surface area contributed by atoms with E-state index in [4.69, 9.17) is 18.9 Å². The van der Waals surface area contributed by atoms with E-state index in [0.29, 0.717) is 70.9 Å². The highest BCUT2D eigenvalue weighted by Gasteiger charge is 2.13. The van der Waals surface area contributed by atoms with Gasteiger partial charge in [0.1, 0.15) is 23.0 Å². The van der Waals surface area contributed by atoms with Crippen molar-refractivity contribution in [2.45, 2.75) is 44.9 Å². The number of hydrogen-bond donors (Lipinski definition) is 2. The molecule has 12 nitrogen and oxygen atoms in total. The van der Waals surface area contributed by atoms with Gasteiger partial charge in [-0.3, -0.25) is 9.59 Å². The fraction of sp³-hybridized carbons (Fsp3) is 0.231. The van der Waals surface area contributed by atoms with Crippen LogP contribution in [0.2, 0.25) is 0 Å². The van der Waals surface area contributed by atoms with Crippen LogP contribution in [0.5, 0.6) is 23.0 Å². The molecule has 51 heavy (non-hydrogen) atoms. The number of nitrogens with one attached hydrogen (secondary N) is 2. The monoisotopic (exact) mass is 692 g/mol. The highest BCUT2D eigenvalue weighted by molar-refractivity contribution is 5.94. The first-order valence-corrected chi connectivity index (χ1v) is 16.4. The van der Waals surface area contributed by atoms with Crippen LogP contribution in [-0.2, 0) is 9.59 Å². The second-order valence-electron chi connectivity index (χ2n) is 11.2. The number of ether oxygens (including phenoxy) is 4. The van der Waals surface area contributed by atoms with Crippen molar-refractivity contribution in [3.63, 3.8) is 0 Å². The van der Waals surface area contributed by atoms with Gasteiger partial charge in [-0.25, -0.2) is 20.4 Å². The van der Waals surface area contributed by atoms with E-state index in [1.54, 1.807) is 111 Å². The number of amides is 2. The van der Waals surface area contributed by atoms with Gasteiger partial charge in [-0.05, 0) is 85.6 Å². The molecule has 0 atom stereocenters.